The molecule has 1 aromatic rings. The van der Waals surface area contributed by atoms with E-state index in [9.17, 15) is 4.79 Å². The first-order valence-corrected chi connectivity index (χ1v) is 5.58. The predicted molar refractivity (Wildman–Crippen MR) is 54.5 cm³/mol. The predicted octanol–water partition coefficient (Wildman–Crippen LogP) is 0.678. The highest BCUT2D eigenvalue weighted by Crippen LogP contribution is 2.40. The number of hydrogen-bond donors (Lipinski definition) is 1. The number of carbonyl (C=O) groups is 1. The Kier molecular flexibility index (Phi) is 1.78. The molecule has 1 N–H and O–H groups in total. The highest BCUT2D eigenvalue weighted by Gasteiger charge is 2.49. The van der Waals surface area contributed by atoms with Gasteiger partial charge >= 0.3 is 5.97 Å². The maximum Gasteiger partial charge on any atom is 0.355 e. The number of hydrogen-bond acceptors (Lipinski definition) is 5. The first-order valence-electron chi connectivity index (χ1n) is 4.70. The fourth-order valence-electron chi connectivity index (χ4n) is 1.98. The van der Waals surface area contributed by atoms with Crippen LogP contribution in [-0.2, 0) is 4.74 Å². The van der Waals surface area contributed by atoms with E-state index in [0.717, 1.165) is 31.4 Å². The van der Waals surface area contributed by atoms with Crippen molar-refractivity contribution in [2.75, 3.05) is 31.2 Å². The van der Waals surface area contributed by atoms with Crippen LogP contribution in [0.2, 0.25) is 0 Å². The zero-order chi connectivity index (χ0) is 10.5. The second-order valence-corrected chi connectivity index (χ2v) is 5.01. The van der Waals surface area contributed by atoms with E-state index in [0.29, 0.717) is 5.41 Å². The van der Waals surface area contributed by atoms with Crippen LogP contribution in [0.25, 0.3) is 0 Å². The van der Waals surface area contributed by atoms with Gasteiger partial charge in [0, 0.05) is 18.5 Å². The van der Waals surface area contributed by atoms with E-state index >= 15 is 0 Å². The molecule has 0 radical (unpaired) electrons. The lowest BCUT2D eigenvalue weighted by molar-refractivity contribution is -0.127. The molecule has 80 valence electrons. The zero-order valence-corrected chi connectivity index (χ0v) is 8.79. The summed E-state index contributed by atoms with van der Waals surface area (Å²) >= 11 is 1.39. The minimum atomic E-state index is -0.959. The van der Waals surface area contributed by atoms with Gasteiger partial charge in [0.05, 0.1) is 18.6 Å². The topological polar surface area (TPSA) is 62.7 Å². The molecular formula is C9H10N2O3S. The molecule has 0 amide bonds. The lowest BCUT2D eigenvalue weighted by atomic mass is 9.78. The molecule has 1 aromatic heterocycles. The van der Waals surface area contributed by atoms with Crippen molar-refractivity contribution in [3.05, 3.63) is 11.1 Å². The number of thiazole rings is 1. The van der Waals surface area contributed by atoms with Crippen LogP contribution >= 0.6 is 11.3 Å². The summed E-state index contributed by atoms with van der Waals surface area (Å²) in [5.41, 5.74) is 0.482. The number of ether oxygens (including phenoxy) is 1. The summed E-state index contributed by atoms with van der Waals surface area (Å²) in [6, 6.07) is 0. The number of anilines is 1. The van der Waals surface area contributed by atoms with E-state index in [1.807, 2.05) is 0 Å². The Morgan fingerprint density at radius 3 is 2.80 bits per heavy atom. The van der Waals surface area contributed by atoms with Gasteiger partial charge in [0.25, 0.3) is 0 Å². The van der Waals surface area contributed by atoms with Crippen molar-refractivity contribution in [2.45, 2.75) is 0 Å². The van der Waals surface area contributed by atoms with Gasteiger partial charge in [0.1, 0.15) is 0 Å². The molecule has 15 heavy (non-hydrogen) atoms. The molecule has 2 aliphatic rings. The van der Waals surface area contributed by atoms with Gasteiger partial charge in [-0.15, -0.1) is 11.3 Å². The Morgan fingerprint density at radius 1 is 1.60 bits per heavy atom. The van der Waals surface area contributed by atoms with Gasteiger partial charge in [0.15, 0.2) is 10.8 Å². The van der Waals surface area contributed by atoms with Crippen molar-refractivity contribution >= 4 is 22.4 Å². The van der Waals surface area contributed by atoms with Crippen molar-refractivity contribution in [3.8, 4) is 0 Å². The molecule has 5 nitrogen and oxygen atoms in total. The van der Waals surface area contributed by atoms with Crippen LogP contribution in [0.1, 0.15) is 10.5 Å². The third-order valence-corrected chi connectivity index (χ3v) is 3.75. The molecule has 0 saturated carbocycles. The Labute approximate surface area is 90.3 Å². The summed E-state index contributed by atoms with van der Waals surface area (Å²) in [6.07, 6.45) is 0. The number of rotatable bonds is 2. The molecular weight excluding hydrogens is 216 g/mol. The Hall–Kier alpha value is -1.14. The Bertz CT molecular complexity index is 405. The second kappa shape index (κ2) is 2.93. The molecule has 0 aliphatic carbocycles. The van der Waals surface area contributed by atoms with Crippen LogP contribution in [0, 0.1) is 5.41 Å². The number of aromatic nitrogens is 1. The van der Waals surface area contributed by atoms with Crippen molar-refractivity contribution in [3.63, 3.8) is 0 Å². The first kappa shape index (κ1) is 9.11. The standard InChI is InChI=1S/C9H10N2O3S/c12-7(13)6-1-15-8(10-6)11-2-9(3-11)4-14-5-9/h1H,2-5H2,(H,12,13). The van der Waals surface area contributed by atoms with Gasteiger partial charge < -0.3 is 14.7 Å². The molecule has 2 aliphatic heterocycles. The molecule has 1 spiro atoms. The summed E-state index contributed by atoms with van der Waals surface area (Å²) in [6.45, 7) is 3.56. The molecule has 0 unspecified atom stereocenters. The maximum absolute atomic E-state index is 10.6. The lowest BCUT2D eigenvalue weighted by Crippen LogP contribution is -2.66. The lowest BCUT2D eigenvalue weighted by Gasteiger charge is -2.54. The smallest absolute Gasteiger partial charge is 0.355 e. The fourth-order valence-corrected chi connectivity index (χ4v) is 2.78. The van der Waals surface area contributed by atoms with E-state index in [1.54, 1.807) is 5.38 Å². The van der Waals surface area contributed by atoms with Crippen molar-refractivity contribution in [1.29, 1.82) is 0 Å². The number of aromatic carboxylic acids is 1. The van der Waals surface area contributed by atoms with Crippen molar-refractivity contribution in [2.24, 2.45) is 5.41 Å². The molecule has 6 heteroatoms. The van der Waals surface area contributed by atoms with Crippen LogP contribution in [0.15, 0.2) is 5.38 Å². The second-order valence-electron chi connectivity index (χ2n) is 4.17. The SMILES string of the molecule is O=C(O)c1csc(N2CC3(COC3)C2)n1. The average molecular weight is 226 g/mol. The van der Waals surface area contributed by atoms with Crippen LogP contribution in [0.4, 0.5) is 5.13 Å². The van der Waals surface area contributed by atoms with E-state index < -0.39 is 5.97 Å². The third kappa shape index (κ3) is 1.32. The van der Waals surface area contributed by atoms with E-state index in [1.165, 1.54) is 11.3 Å². The quantitative estimate of drug-likeness (QED) is 0.803. The van der Waals surface area contributed by atoms with E-state index in [-0.39, 0.29) is 5.69 Å². The number of nitrogens with zero attached hydrogens (tertiary/aromatic N) is 2. The molecule has 3 rings (SSSR count). The maximum atomic E-state index is 10.6. The summed E-state index contributed by atoms with van der Waals surface area (Å²) < 4.78 is 5.17. The summed E-state index contributed by atoms with van der Waals surface area (Å²) in [4.78, 5) is 16.8. The molecule has 2 fully saturated rings. The monoisotopic (exact) mass is 226 g/mol. The molecule has 0 aromatic carbocycles. The molecule has 0 atom stereocenters. The first-order chi connectivity index (χ1) is 7.19. The minimum absolute atomic E-state index is 0.140. The van der Waals surface area contributed by atoms with Gasteiger partial charge in [0.2, 0.25) is 0 Å². The molecule has 2 saturated heterocycles. The van der Waals surface area contributed by atoms with E-state index in [4.69, 9.17) is 9.84 Å². The third-order valence-electron chi connectivity index (χ3n) is 2.85. The van der Waals surface area contributed by atoms with Gasteiger partial charge in [-0.3, -0.25) is 0 Å². The normalized spacial score (nSPS) is 22.3. The molecule has 3 heterocycles. The summed E-state index contributed by atoms with van der Waals surface area (Å²) in [5.74, 6) is -0.959. The summed E-state index contributed by atoms with van der Waals surface area (Å²) in [7, 11) is 0. The summed E-state index contributed by atoms with van der Waals surface area (Å²) in [5, 5.41) is 11.1. The van der Waals surface area contributed by atoms with Gasteiger partial charge in [-0.25, -0.2) is 9.78 Å². The Balaban J connectivity index is 1.70. The highest BCUT2D eigenvalue weighted by atomic mass is 32.1. The number of carboxylic acids is 1. The van der Waals surface area contributed by atoms with Crippen molar-refractivity contribution < 1.29 is 14.6 Å². The fraction of sp³-hybridized carbons (Fsp3) is 0.556. The molecule has 0 bridgehead atoms. The van der Waals surface area contributed by atoms with Gasteiger partial charge in [-0.2, -0.15) is 0 Å². The Morgan fingerprint density at radius 2 is 2.33 bits per heavy atom. The minimum Gasteiger partial charge on any atom is -0.476 e. The van der Waals surface area contributed by atoms with Gasteiger partial charge in [-0.05, 0) is 0 Å². The van der Waals surface area contributed by atoms with Crippen LogP contribution in [0.5, 0.6) is 0 Å². The van der Waals surface area contributed by atoms with Crippen LogP contribution in [-0.4, -0.2) is 42.4 Å². The number of carboxylic acid groups (broad SMARTS) is 1. The van der Waals surface area contributed by atoms with Crippen LogP contribution < -0.4 is 4.90 Å². The zero-order valence-electron chi connectivity index (χ0n) is 7.97. The highest BCUT2D eigenvalue weighted by molar-refractivity contribution is 7.13. The van der Waals surface area contributed by atoms with Crippen LogP contribution in [0.3, 0.4) is 0 Å². The largest absolute Gasteiger partial charge is 0.476 e. The van der Waals surface area contributed by atoms with Gasteiger partial charge in [-0.1, -0.05) is 0 Å². The van der Waals surface area contributed by atoms with Crippen molar-refractivity contribution in [1.82, 2.24) is 4.98 Å². The average Bonchev–Trinajstić information content (AvgIpc) is 2.47. The van der Waals surface area contributed by atoms with E-state index in [2.05, 4.69) is 9.88 Å².